The van der Waals surface area contributed by atoms with Crippen molar-refractivity contribution >= 4 is 29.4 Å². The number of benzene rings is 3. The molecule has 5 rings (SSSR count). The number of ether oxygens (including phenoxy) is 1. The van der Waals surface area contributed by atoms with Crippen LogP contribution in [0, 0.1) is 0 Å². The maximum Gasteiger partial charge on any atom is 0.223 e. The van der Waals surface area contributed by atoms with Crippen molar-refractivity contribution in [1.82, 2.24) is 4.90 Å². The maximum absolute atomic E-state index is 12.7. The Balaban J connectivity index is 1.17. The van der Waals surface area contributed by atoms with Crippen LogP contribution in [0.5, 0.6) is 5.75 Å². The largest absolute Gasteiger partial charge is 0.482 e. The molecule has 34 heavy (non-hydrogen) atoms. The Morgan fingerprint density at radius 3 is 2.35 bits per heavy atom. The highest BCUT2D eigenvalue weighted by atomic mass is 35.5. The van der Waals surface area contributed by atoms with Crippen LogP contribution in [0.15, 0.2) is 78.9 Å². The Kier molecular flexibility index (Phi) is 6.25. The molecule has 2 aliphatic rings. The van der Waals surface area contributed by atoms with Crippen molar-refractivity contribution in [2.45, 2.75) is 31.3 Å². The summed E-state index contributed by atoms with van der Waals surface area (Å²) in [5.74, 6) is 0.865. The zero-order valence-electron chi connectivity index (χ0n) is 18.9. The SMILES string of the molecule is O=C(CCC(=O)N1CCC2(C=Cc3cc(-c4ccccc4)ccc3O2)CC1)c1ccc(Cl)cc1. The van der Waals surface area contributed by atoms with E-state index < -0.39 is 0 Å². The molecule has 5 heteroatoms. The molecule has 0 saturated carbocycles. The van der Waals surface area contributed by atoms with Gasteiger partial charge in [-0.15, -0.1) is 0 Å². The highest BCUT2D eigenvalue weighted by Crippen LogP contribution is 2.39. The summed E-state index contributed by atoms with van der Waals surface area (Å²) in [5.41, 5.74) is 3.63. The topological polar surface area (TPSA) is 46.6 Å². The highest BCUT2D eigenvalue weighted by Gasteiger charge is 2.37. The number of nitrogens with zero attached hydrogens (tertiary/aromatic N) is 1. The molecule has 1 fully saturated rings. The van der Waals surface area contributed by atoms with Gasteiger partial charge in [-0.3, -0.25) is 9.59 Å². The first kappa shape index (κ1) is 22.4. The van der Waals surface area contributed by atoms with Gasteiger partial charge in [0.05, 0.1) is 0 Å². The van der Waals surface area contributed by atoms with Gasteiger partial charge in [0.15, 0.2) is 5.78 Å². The quantitative estimate of drug-likeness (QED) is 0.402. The van der Waals surface area contributed by atoms with E-state index in [2.05, 4.69) is 36.4 Å². The molecule has 172 valence electrons. The van der Waals surface area contributed by atoms with Gasteiger partial charge in [0.25, 0.3) is 0 Å². The molecule has 1 saturated heterocycles. The fourth-order valence-corrected chi connectivity index (χ4v) is 4.76. The minimum Gasteiger partial charge on any atom is -0.482 e. The maximum atomic E-state index is 12.7. The number of halogens is 1. The first-order valence-electron chi connectivity index (χ1n) is 11.7. The van der Waals surface area contributed by atoms with Gasteiger partial charge < -0.3 is 9.64 Å². The average Bonchev–Trinajstić information content (AvgIpc) is 2.88. The molecule has 0 unspecified atom stereocenters. The molecule has 1 spiro atoms. The van der Waals surface area contributed by atoms with Crippen molar-refractivity contribution < 1.29 is 14.3 Å². The van der Waals surface area contributed by atoms with Gasteiger partial charge in [0.1, 0.15) is 11.4 Å². The molecule has 3 aromatic rings. The lowest BCUT2D eigenvalue weighted by atomic mass is 9.87. The van der Waals surface area contributed by atoms with Crippen molar-refractivity contribution in [3.8, 4) is 16.9 Å². The molecular formula is C29H26ClNO3. The van der Waals surface area contributed by atoms with Crippen LogP contribution >= 0.6 is 11.6 Å². The number of carbonyl (C=O) groups excluding carboxylic acids is 2. The zero-order valence-corrected chi connectivity index (χ0v) is 19.6. The van der Waals surface area contributed by atoms with E-state index in [0.29, 0.717) is 23.7 Å². The van der Waals surface area contributed by atoms with Crippen LogP contribution in [0.25, 0.3) is 17.2 Å². The Morgan fingerprint density at radius 2 is 1.62 bits per heavy atom. The van der Waals surface area contributed by atoms with Crippen LogP contribution in [0.4, 0.5) is 0 Å². The number of hydrogen-bond acceptors (Lipinski definition) is 3. The summed E-state index contributed by atoms with van der Waals surface area (Å²) in [4.78, 5) is 27.0. The van der Waals surface area contributed by atoms with E-state index in [-0.39, 0.29) is 30.1 Å². The Hall–Kier alpha value is -3.37. The molecule has 2 heterocycles. The third kappa shape index (κ3) is 4.78. The minimum absolute atomic E-state index is 0.0184. The number of piperidine rings is 1. The number of fused-ring (bicyclic) bond motifs is 1. The van der Waals surface area contributed by atoms with Crippen LogP contribution in [-0.4, -0.2) is 35.3 Å². The lowest BCUT2D eigenvalue weighted by Crippen LogP contribution is -2.49. The molecule has 2 aliphatic heterocycles. The number of likely N-dealkylation sites (tertiary alicyclic amines) is 1. The van der Waals surface area contributed by atoms with E-state index >= 15 is 0 Å². The first-order valence-corrected chi connectivity index (χ1v) is 12.0. The van der Waals surface area contributed by atoms with Crippen molar-refractivity contribution in [2.24, 2.45) is 0 Å². The predicted molar refractivity (Wildman–Crippen MR) is 135 cm³/mol. The fraction of sp³-hybridized carbons (Fsp3) is 0.241. The number of hydrogen-bond donors (Lipinski definition) is 0. The van der Waals surface area contributed by atoms with E-state index in [4.69, 9.17) is 16.3 Å². The van der Waals surface area contributed by atoms with Crippen LogP contribution in [0.3, 0.4) is 0 Å². The molecule has 0 radical (unpaired) electrons. The molecule has 1 amide bonds. The summed E-state index contributed by atoms with van der Waals surface area (Å²) >= 11 is 5.88. The van der Waals surface area contributed by atoms with Crippen LogP contribution in [-0.2, 0) is 4.79 Å². The molecular weight excluding hydrogens is 446 g/mol. The van der Waals surface area contributed by atoms with Gasteiger partial charge >= 0.3 is 0 Å². The summed E-state index contributed by atoms with van der Waals surface area (Å²) < 4.78 is 6.46. The minimum atomic E-state index is -0.378. The summed E-state index contributed by atoms with van der Waals surface area (Å²) in [6.07, 6.45) is 6.19. The van der Waals surface area contributed by atoms with Crippen LogP contribution in [0.2, 0.25) is 5.02 Å². The number of Topliss-reactive ketones (excluding diaryl/α,β-unsaturated/α-hetero) is 1. The van der Waals surface area contributed by atoms with Gasteiger partial charge in [-0.1, -0.05) is 54.1 Å². The molecule has 0 aliphatic carbocycles. The number of carbonyl (C=O) groups is 2. The second kappa shape index (κ2) is 9.47. The van der Waals surface area contributed by atoms with E-state index in [1.165, 1.54) is 5.56 Å². The van der Waals surface area contributed by atoms with Crippen LogP contribution < -0.4 is 4.74 Å². The summed E-state index contributed by atoms with van der Waals surface area (Å²) in [6.45, 7) is 1.24. The molecule has 3 aromatic carbocycles. The van der Waals surface area contributed by atoms with Crippen LogP contribution in [0.1, 0.15) is 41.6 Å². The normalized spacial score (nSPS) is 16.1. The number of rotatable bonds is 5. The standard InChI is InChI=1S/C29H26ClNO3/c30-25-9-6-22(7-10-25)26(32)11-13-28(33)31-18-16-29(17-19-31)15-14-24-20-23(8-12-27(24)34-29)21-4-2-1-3-5-21/h1-10,12,14-15,20H,11,13,16-19H2. The van der Waals surface area contributed by atoms with Gasteiger partial charge in [-0.2, -0.15) is 0 Å². The molecule has 0 N–H and O–H groups in total. The number of amides is 1. The first-order chi connectivity index (χ1) is 16.5. The Labute approximate surface area is 204 Å². The van der Waals surface area contributed by atoms with E-state index in [1.54, 1.807) is 24.3 Å². The van der Waals surface area contributed by atoms with Gasteiger partial charge in [-0.05, 0) is 53.6 Å². The fourth-order valence-electron chi connectivity index (χ4n) is 4.64. The molecule has 0 bridgehead atoms. The highest BCUT2D eigenvalue weighted by molar-refractivity contribution is 6.30. The van der Waals surface area contributed by atoms with Gasteiger partial charge in [0, 0.05) is 54.9 Å². The Morgan fingerprint density at radius 1 is 0.882 bits per heavy atom. The molecule has 4 nitrogen and oxygen atoms in total. The predicted octanol–water partition coefficient (Wildman–Crippen LogP) is 6.44. The van der Waals surface area contributed by atoms with E-state index in [9.17, 15) is 9.59 Å². The monoisotopic (exact) mass is 471 g/mol. The van der Waals surface area contributed by atoms with E-state index in [1.807, 2.05) is 29.2 Å². The smallest absolute Gasteiger partial charge is 0.223 e. The lowest BCUT2D eigenvalue weighted by Gasteiger charge is -2.42. The summed E-state index contributed by atoms with van der Waals surface area (Å²) in [7, 11) is 0. The second-order valence-electron chi connectivity index (χ2n) is 8.93. The zero-order chi connectivity index (χ0) is 23.5. The van der Waals surface area contributed by atoms with Crippen molar-refractivity contribution in [1.29, 1.82) is 0 Å². The second-order valence-corrected chi connectivity index (χ2v) is 9.37. The third-order valence-corrected chi connectivity index (χ3v) is 6.94. The van der Waals surface area contributed by atoms with Crippen molar-refractivity contribution in [3.05, 3.63) is 95.0 Å². The molecule has 0 aromatic heterocycles. The summed E-state index contributed by atoms with van der Waals surface area (Å²) in [6, 6.07) is 23.4. The number of ketones is 1. The van der Waals surface area contributed by atoms with Crippen molar-refractivity contribution in [2.75, 3.05) is 13.1 Å². The van der Waals surface area contributed by atoms with Gasteiger partial charge in [-0.25, -0.2) is 0 Å². The van der Waals surface area contributed by atoms with Crippen molar-refractivity contribution in [3.63, 3.8) is 0 Å². The van der Waals surface area contributed by atoms with E-state index in [0.717, 1.165) is 29.7 Å². The Bertz CT molecular complexity index is 1230. The van der Waals surface area contributed by atoms with Gasteiger partial charge in [0.2, 0.25) is 5.91 Å². The lowest BCUT2D eigenvalue weighted by molar-refractivity contribution is -0.133. The average molecular weight is 472 g/mol. The summed E-state index contributed by atoms with van der Waals surface area (Å²) in [5, 5.41) is 0.591. The third-order valence-electron chi connectivity index (χ3n) is 6.69. The molecule has 0 atom stereocenters.